The van der Waals surface area contributed by atoms with Gasteiger partial charge in [0.05, 0.1) is 13.2 Å². The lowest BCUT2D eigenvalue weighted by molar-refractivity contribution is -0.404. The van der Waals surface area contributed by atoms with E-state index in [2.05, 4.69) is 6.58 Å². The monoisotopic (exact) mass is 1730 g/mol. The first kappa shape index (κ1) is 97.3. The van der Waals surface area contributed by atoms with E-state index in [0.717, 1.165) is 118 Å². The molecule has 47 heteroatoms. The molecular formula is C73H98O47. The van der Waals surface area contributed by atoms with Crippen molar-refractivity contribution >= 4 is 101 Å². The summed E-state index contributed by atoms with van der Waals surface area (Å²) in [7, 11) is 0. The zero-order valence-corrected chi connectivity index (χ0v) is 68.2. The van der Waals surface area contributed by atoms with Gasteiger partial charge in [0.25, 0.3) is 0 Å². The number of hydrogen-bond donors (Lipinski definition) is 0. The molecule has 12 bridgehead atoms. The molecular weight excluding hydrogens is 1630 g/mol. The van der Waals surface area contributed by atoms with Crippen LogP contribution in [0.1, 0.15) is 118 Å². The summed E-state index contributed by atoms with van der Waals surface area (Å²) in [5.74, 6) is -20.0. The molecule has 22 saturated heterocycles. The highest BCUT2D eigenvalue weighted by Crippen LogP contribution is 2.44. The Balaban J connectivity index is 1.63. The molecule has 47 nitrogen and oxygen atoms in total. The van der Waals surface area contributed by atoms with Crippen LogP contribution in [0.15, 0.2) is 12.7 Å². The van der Waals surface area contributed by atoms with Crippen LogP contribution in [0.3, 0.4) is 0 Å². The van der Waals surface area contributed by atoms with Crippen molar-refractivity contribution in [2.45, 2.75) is 302 Å². The van der Waals surface area contributed by atoms with Crippen molar-refractivity contribution in [2.24, 2.45) is 0 Å². The summed E-state index contributed by atoms with van der Waals surface area (Å²) in [4.78, 5) is 230. The first-order valence-electron chi connectivity index (χ1n) is 37.2. The molecule has 0 aromatic rings. The van der Waals surface area contributed by atoms with Gasteiger partial charge in [-0.1, -0.05) is 6.08 Å². The molecule has 0 spiro atoms. The molecule has 30 atom stereocenters. The van der Waals surface area contributed by atoms with Gasteiger partial charge < -0.3 is 142 Å². The predicted octanol–water partition coefficient (Wildman–Crippen LogP) is -2.14. The summed E-state index contributed by atoms with van der Waals surface area (Å²) in [5.41, 5.74) is 0. The predicted molar refractivity (Wildman–Crippen MR) is 372 cm³/mol. The third-order valence-electron chi connectivity index (χ3n) is 17.7. The van der Waals surface area contributed by atoms with E-state index in [0.29, 0.717) is 0 Å². The highest BCUT2D eigenvalue weighted by Gasteiger charge is 2.65. The van der Waals surface area contributed by atoms with Gasteiger partial charge >= 0.3 is 101 Å². The Morgan fingerprint density at radius 1 is 0.200 bits per heavy atom. The maximum atomic E-state index is 13.8. The van der Waals surface area contributed by atoms with E-state index in [1.165, 1.54) is 6.08 Å². The second-order valence-electron chi connectivity index (χ2n) is 27.6. The first-order valence-corrected chi connectivity index (χ1v) is 37.2. The van der Waals surface area contributed by atoms with Crippen LogP contribution in [0, 0.1) is 0 Å². The molecule has 0 N–H and O–H groups in total. The second kappa shape index (κ2) is 44.7. The van der Waals surface area contributed by atoms with Crippen LogP contribution >= 0.6 is 0 Å². The van der Waals surface area contributed by atoms with Crippen LogP contribution in [0.5, 0.6) is 0 Å². The lowest BCUT2D eigenvalue weighted by atomic mass is 9.94. The SMILES string of the molecule is C=CCOC[C@H]1O[C@@H]2O[C@H]3[C@H](OC(C)=O)[C@@H](OC(C)=O)[C@@H](O[C@H]4[C@H](OC(C)=O)[C@@H](OC(C)=O)[C@@H](O[C@H]5[C@H](OC(C)=O)[C@@H](OC(C)=O)[C@@H](O[C@H]6[C@H](OC(C)=O)[C@@H](OC(C)=O)[C@@H](O[C@H]7[C@H](OC(C)=O)[C@@H](OC(C)=O)[C@@H](O[C@H]1[C@H](OC(C)=O)[C@H]2OC(C)=O)O[C@@H]7COC(C)=O)O[C@@H]6COC(C)=O)O[C@@H]5COC(C)=O)O[C@@H]4COC(C)=O)O[C@@H]3COC(C)=O. The molecule has 22 aliphatic heterocycles. The van der Waals surface area contributed by atoms with Crippen LogP contribution in [0.4, 0.5) is 0 Å². The number of carbonyl (C=O) groups is 17. The van der Waals surface area contributed by atoms with Crippen molar-refractivity contribution in [1.82, 2.24) is 0 Å². The zero-order valence-electron chi connectivity index (χ0n) is 68.2. The van der Waals surface area contributed by atoms with Gasteiger partial charge in [0.1, 0.15) is 106 Å². The van der Waals surface area contributed by atoms with Crippen molar-refractivity contribution in [3.8, 4) is 0 Å². The molecule has 22 rings (SSSR count). The number of ether oxygens (including phenoxy) is 30. The minimum absolute atomic E-state index is 0.331. The van der Waals surface area contributed by atoms with Crippen molar-refractivity contribution in [3.05, 3.63) is 12.7 Å². The molecule has 22 fully saturated rings. The van der Waals surface area contributed by atoms with E-state index >= 15 is 0 Å². The Labute approximate surface area is 683 Å². The van der Waals surface area contributed by atoms with Gasteiger partial charge in [0.15, 0.2) is 111 Å². The van der Waals surface area contributed by atoms with Gasteiger partial charge in [-0.15, -0.1) is 6.58 Å². The quantitative estimate of drug-likeness (QED) is 0.0386. The minimum atomic E-state index is -2.38. The van der Waals surface area contributed by atoms with E-state index in [1.807, 2.05) is 0 Å². The molecule has 0 aromatic carbocycles. The van der Waals surface area contributed by atoms with Gasteiger partial charge in [-0.05, 0) is 0 Å². The van der Waals surface area contributed by atoms with Crippen molar-refractivity contribution in [3.63, 3.8) is 0 Å². The fraction of sp³-hybridized carbons (Fsp3) is 0.740. The van der Waals surface area contributed by atoms with Crippen molar-refractivity contribution in [1.29, 1.82) is 0 Å². The van der Waals surface area contributed by atoms with Crippen molar-refractivity contribution < 1.29 is 224 Å². The molecule has 0 aliphatic carbocycles. The maximum Gasteiger partial charge on any atom is 0.303 e. The van der Waals surface area contributed by atoms with Gasteiger partial charge in [-0.2, -0.15) is 0 Å². The maximum absolute atomic E-state index is 13.8. The third kappa shape index (κ3) is 27.6. The third-order valence-corrected chi connectivity index (χ3v) is 17.7. The van der Waals surface area contributed by atoms with E-state index in [9.17, 15) is 81.5 Å². The summed E-state index contributed by atoms with van der Waals surface area (Å²) in [6.07, 6.45) is -64.7. The lowest BCUT2D eigenvalue weighted by Crippen LogP contribution is -2.71. The number of hydrogen-bond acceptors (Lipinski definition) is 47. The zero-order chi connectivity index (χ0) is 89.0. The topological polar surface area (TPSA) is 567 Å². The smallest absolute Gasteiger partial charge is 0.303 e. The fourth-order valence-electron chi connectivity index (χ4n) is 13.8. The minimum Gasteiger partial charge on any atom is -0.463 e. The molecule has 0 aromatic heterocycles. The summed E-state index contributed by atoms with van der Waals surface area (Å²) >= 11 is 0. The first-order chi connectivity index (χ1) is 56.4. The highest BCUT2D eigenvalue weighted by molar-refractivity contribution is 5.72. The van der Waals surface area contributed by atoms with Crippen LogP contribution in [0.25, 0.3) is 0 Å². The van der Waals surface area contributed by atoms with Crippen LogP contribution in [-0.4, -0.2) is 332 Å². The van der Waals surface area contributed by atoms with Gasteiger partial charge in [-0.25, -0.2) is 0 Å². The molecule has 0 unspecified atom stereocenters. The summed E-state index contributed by atoms with van der Waals surface area (Å²) in [5, 5.41) is 0. The summed E-state index contributed by atoms with van der Waals surface area (Å²) in [6.45, 7) is 12.3. The van der Waals surface area contributed by atoms with E-state index in [1.54, 1.807) is 0 Å². The molecule has 120 heavy (non-hydrogen) atoms. The Hall–Kier alpha value is -9.79. The molecule has 22 heterocycles. The normalized spacial score (nSPS) is 34.7. The standard InChI is InChI=1S/C73H98O47/c1-19-20-91-21-44-50-56(97-32(7)79)62(103-38(13)85)68(109-44)116-51-45(22-92-27(2)74)111-70(64(105-40(15)87)57(51)98-33(8)80)118-53-47(24-94-29(4)76)113-72(66(107-42(17)89)59(53)100-35(10)82)120-55-49(26-96-31(6)78)114-73(67(108-43(18)90)61(55)102-37(12)84)119-54-48(25-95-30(5)77)112-71(65(106-41(16)88)60(54)101-36(11)83)117-52-46(23-93-28(3)75)110-69(115-50)63(104-39(14)86)58(52)99-34(9)81/h19,44-73H,1,20-26H2,2-18H3/t44-,45-,46-,47-,48-,49-,50-,51-,52-,53-,54-,55-,56+,57+,58+,59+,60+,61+,62-,63-,64-,65-,66-,67-,68-,69-,70-,71-,72-,73-/m1/s1. The summed E-state index contributed by atoms with van der Waals surface area (Å²) < 4.78 is 184. The van der Waals surface area contributed by atoms with E-state index in [4.69, 9.17) is 142 Å². The van der Waals surface area contributed by atoms with Crippen LogP contribution in [0.2, 0.25) is 0 Å². The Bertz CT molecular complexity index is 3610. The number of esters is 17. The second-order valence-corrected chi connectivity index (χ2v) is 27.6. The molecule has 0 saturated carbocycles. The largest absolute Gasteiger partial charge is 0.463 e. The average molecular weight is 1730 g/mol. The molecule has 22 aliphatic rings. The molecule has 0 radical (unpaired) electrons. The lowest BCUT2D eigenvalue weighted by Gasteiger charge is -2.52. The van der Waals surface area contributed by atoms with Gasteiger partial charge in [0, 0.05) is 118 Å². The summed E-state index contributed by atoms with van der Waals surface area (Å²) in [6, 6.07) is 0. The van der Waals surface area contributed by atoms with Crippen molar-refractivity contribution in [2.75, 3.05) is 46.2 Å². The van der Waals surface area contributed by atoms with E-state index < -0.39 is 325 Å². The average Bonchev–Trinajstić information content (AvgIpc) is 0.756. The fourth-order valence-corrected chi connectivity index (χ4v) is 13.8. The number of rotatable bonds is 26. The molecule has 672 valence electrons. The Morgan fingerprint density at radius 2 is 0.333 bits per heavy atom. The highest BCUT2D eigenvalue weighted by atomic mass is 16.8. The van der Waals surface area contributed by atoms with Gasteiger partial charge in [0.2, 0.25) is 0 Å². The molecule has 0 amide bonds. The van der Waals surface area contributed by atoms with Crippen LogP contribution in [-0.2, 0) is 224 Å². The Kier molecular flexibility index (Phi) is 36.2. The van der Waals surface area contributed by atoms with Crippen LogP contribution < -0.4 is 0 Å². The Morgan fingerprint density at radius 3 is 0.458 bits per heavy atom. The van der Waals surface area contributed by atoms with Gasteiger partial charge in [-0.3, -0.25) is 81.5 Å². The van der Waals surface area contributed by atoms with E-state index in [-0.39, 0.29) is 6.61 Å². The number of carbonyl (C=O) groups excluding carboxylic acids is 17.